The van der Waals surface area contributed by atoms with E-state index in [1.165, 1.54) is 18.2 Å². The van der Waals surface area contributed by atoms with Crippen LogP contribution in [0.4, 0.5) is 13.2 Å². The number of rotatable bonds is 4. The number of alkyl halides is 3. The van der Waals surface area contributed by atoms with Gasteiger partial charge in [-0.15, -0.1) is 13.2 Å². The van der Waals surface area contributed by atoms with Gasteiger partial charge < -0.3 is 19.9 Å². The third-order valence-corrected chi connectivity index (χ3v) is 2.68. The van der Waals surface area contributed by atoms with Crippen molar-refractivity contribution in [1.29, 1.82) is 0 Å². The number of nitrogens with two attached hydrogens (primary N) is 1. The Morgan fingerprint density at radius 2 is 1.89 bits per heavy atom. The van der Waals surface area contributed by atoms with E-state index in [-0.39, 0.29) is 17.7 Å². The standard InChI is InChI=1S/C12H14F3NO3/c13-12(14,15)19-10-4-2-1-3-8(10)9(16)7-11-17-5-6-18-11/h1-4,9,11H,5-7,16H2. The maximum atomic E-state index is 12.3. The molecule has 2 N–H and O–H groups in total. The predicted octanol–water partition coefficient (Wildman–Crippen LogP) is 2.35. The van der Waals surface area contributed by atoms with Gasteiger partial charge in [0.15, 0.2) is 6.29 Å². The summed E-state index contributed by atoms with van der Waals surface area (Å²) in [5, 5.41) is 0. The topological polar surface area (TPSA) is 53.7 Å². The highest BCUT2D eigenvalue weighted by molar-refractivity contribution is 5.35. The van der Waals surface area contributed by atoms with E-state index in [4.69, 9.17) is 15.2 Å². The second kappa shape index (κ2) is 5.77. The molecule has 0 radical (unpaired) electrons. The first kappa shape index (κ1) is 14.1. The van der Waals surface area contributed by atoms with Crippen molar-refractivity contribution in [2.75, 3.05) is 13.2 Å². The lowest BCUT2D eigenvalue weighted by Gasteiger charge is -2.19. The molecule has 1 fully saturated rings. The van der Waals surface area contributed by atoms with Crippen LogP contribution in [-0.2, 0) is 9.47 Å². The van der Waals surface area contributed by atoms with Gasteiger partial charge in [0.2, 0.25) is 0 Å². The molecule has 0 aliphatic carbocycles. The molecule has 0 bridgehead atoms. The fraction of sp³-hybridized carbons (Fsp3) is 0.500. The number of ether oxygens (including phenoxy) is 3. The maximum absolute atomic E-state index is 12.3. The number of halogens is 3. The summed E-state index contributed by atoms with van der Waals surface area (Å²) in [5.41, 5.74) is 6.16. The van der Waals surface area contributed by atoms with Crippen LogP contribution in [0.5, 0.6) is 5.75 Å². The van der Waals surface area contributed by atoms with Crippen molar-refractivity contribution >= 4 is 0 Å². The molecule has 1 aromatic rings. The minimum absolute atomic E-state index is 0.276. The molecule has 0 saturated carbocycles. The summed E-state index contributed by atoms with van der Waals surface area (Å²) in [6.45, 7) is 0.941. The molecule has 0 amide bonds. The van der Waals surface area contributed by atoms with Gasteiger partial charge >= 0.3 is 6.36 Å². The quantitative estimate of drug-likeness (QED) is 0.917. The lowest BCUT2D eigenvalue weighted by Crippen LogP contribution is -2.23. The molecule has 1 atom stereocenters. The molecule has 106 valence electrons. The van der Waals surface area contributed by atoms with Gasteiger partial charge in [0.1, 0.15) is 5.75 Å². The number of hydrogen-bond acceptors (Lipinski definition) is 4. The highest BCUT2D eigenvalue weighted by Gasteiger charge is 2.33. The SMILES string of the molecule is NC(CC1OCCO1)c1ccccc1OC(F)(F)F. The fourth-order valence-corrected chi connectivity index (χ4v) is 1.88. The normalized spacial score (nSPS) is 18.5. The van der Waals surface area contributed by atoms with Gasteiger partial charge in [-0.1, -0.05) is 18.2 Å². The summed E-state index contributed by atoms with van der Waals surface area (Å²) >= 11 is 0. The Labute approximate surface area is 108 Å². The van der Waals surface area contributed by atoms with Gasteiger partial charge in [0, 0.05) is 18.0 Å². The Balaban J connectivity index is 2.09. The lowest BCUT2D eigenvalue weighted by molar-refractivity contribution is -0.275. The third kappa shape index (κ3) is 4.09. The molecular weight excluding hydrogens is 263 g/mol. The van der Waals surface area contributed by atoms with Crippen molar-refractivity contribution in [1.82, 2.24) is 0 Å². The monoisotopic (exact) mass is 277 g/mol. The fourth-order valence-electron chi connectivity index (χ4n) is 1.88. The van der Waals surface area contributed by atoms with Crippen molar-refractivity contribution in [3.63, 3.8) is 0 Å². The third-order valence-electron chi connectivity index (χ3n) is 2.68. The Kier molecular flexibility index (Phi) is 4.28. The van der Waals surface area contributed by atoms with Gasteiger partial charge in [-0.05, 0) is 6.07 Å². The van der Waals surface area contributed by atoms with E-state index < -0.39 is 18.7 Å². The van der Waals surface area contributed by atoms with Gasteiger partial charge in [-0.3, -0.25) is 0 Å². The summed E-state index contributed by atoms with van der Waals surface area (Å²) in [6, 6.07) is 5.15. The van der Waals surface area contributed by atoms with Crippen LogP contribution < -0.4 is 10.5 Å². The summed E-state index contributed by atoms with van der Waals surface area (Å²) in [4.78, 5) is 0. The van der Waals surface area contributed by atoms with E-state index in [2.05, 4.69) is 4.74 Å². The lowest BCUT2D eigenvalue weighted by atomic mass is 10.0. The van der Waals surface area contributed by atoms with E-state index in [0.717, 1.165) is 0 Å². The number of benzene rings is 1. The predicted molar refractivity (Wildman–Crippen MR) is 60.4 cm³/mol. The summed E-state index contributed by atoms with van der Waals surface area (Å²) in [5.74, 6) is -0.291. The van der Waals surface area contributed by atoms with Crippen molar-refractivity contribution in [3.05, 3.63) is 29.8 Å². The second-order valence-electron chi connectivity index (χ2n) is 4.10. The minimum Gasteiger partial charge on any atom is -0.405 e. The molecule has 0 spiro atoms. The molecule has 4 nitrogen and oxygen atoms in total. The van der Waals surface area contributed by atoms with E-state index in [9.17, 15) is 13.2 Å². The molecule has 1 saturated heterocycles. The zero-order valence-electron chi connectivity index (χ0n) is 10.0. The Bertz CT molecular complexity index is 419. The molecule has 7 heteroatoms. The average molecular weight is 277 g/mol. The number of para-hydroxylation sites is 1. The Morgan fingerprint density at radius 3 is 2.53 bits per heavy atom. The second-order valence-corrected chi connectivity index (χ2v) is 4.10. The minimum atomic E-state index is -4.74. The van der Waals surface area contributed by atoms with Crippen molar-refractivity contribution in [2.24, 2.45) is 5.73 Å². The molecule has 0 aromatic heterocycles. The molecule has 1 aromatic carbocycles. The summed E-state index contributed by atoms with van der Waals surface area (Å²) in [6.07, 6.45) is -4.94. The maximum Gasteiger partial charge on any atom is 0.573 e. The van der Waals surface area contributed by atoms with Crippen LogP contribution in [0.25, 0.3) is 0 Å². The van der Waals surface area contributed by atoms with Crippen molar-refractivity contribution < 1.29 is 27.4 Å². The zero-order chi connectivity index (χ0) is 13.9. The van der Waals surface area contributed by atoms with Gasteiger partial charge in [-0.2, -0.15) is 0 Å². The molecule has 2 rings (SSSR count). The smallest absolute Gasteiger partial charge is 0.405 e. The average Bonchev–Trinajstić information content (AvgIpc) is 2.80. The molecule has 1 unspecified atom stereocenters. The first-order valence-electron chi connectivity index (χ1n) is 5.79. The largest absolute Gasteiger partial charge is 0.573 e. The van der Waals surface area contributed by atoms with E-state index in [1.807, 2.05) is 0 Å². The zero-order valence-corrected chi connectivity index (χ0v) is 10.0. The highest BCUT2D eigenvalue weighted by atomic mass is 19.4. The molecule has 1 heterocycles. The molecule has 1 aliphatic rings. The van der Waals surface area contributed by atoms with Gasteiger partial charge in [0.05, 0.1) is 13.2 Å². The van der Waals surface area contributed by atoms with Crippen LogP contribution in [-0.4, -0.2) is 25.9 Å². The van der Waals surface area contributed by atoms with Crippen LogP contribution >= 0.6 is 0 Å². The number of hydrogen-bond donors (Lipinski definition) is 1. The van der Waals surface area contributed by atoms with Crippen molar-refractivity contribution in [2.45, 2.75) is 25.1 Å². The Hall–Kier alpha value is -1.31. The van der Waals surface area contributed by atoms with Crippen LogP contribution in [0.1, 0.15) is 18.0 Å². The van der Waals surface area contributed by atoms with Crippen LogP contribution in [0.2, 0.25) is 0 Å². The van der Waals surface area contributed by atoms with E-state index >= 15 is 0 Å². The summed E-state index contributed by atoms with van der Waals surface area (Å²) < 4.78 is 51.2. The van der Waals surface area contributed by atoms with Gasteiger partial charge in [0.25, 0.3) is 0 Å². The van der Waals surface area contributed by atoms with Crippen LogP contribution in [0, 0.1) is 0 Å². The van der Waals surface area contributed by atoms with Gasteiger partial charge in [-0.25, -0.2) is 0 Å². The highest BCUT2D eigenvalue weighted by Crippen LogP contribution is 2.31. The Morgan fingerprint density at radius 1 is 1.26 bits per heavy atom. The first-order chi connectivity index (χ1) is 8.96. The summed E-state index contributed by atoms with van der Waals surface area (Å²) in [7, 11) is 0. The van der Waals surface area contributed by atoms with Crippen molar-refractivity contribution in [3.8, 4) is 5.75 Å². The molecule has 19 heavy (non-hydrogen) atoms. The first-order valence-corrected chi connectivity index (χ1v) is 5.79. The van der Waals surface area contributed by atoms with E-state index in [1.54, 1.807) is 6.07 Å². The van der Waals surface area contributed by atoms with Crippen LogP contribution in [0.15, 0.2) is 24.3 Å². The molecular formula is C12H14F3NO3. The van der Waals surface area contributed by atoms with Crippen LogP contribution in [0.3, 0.4) is 0 Å². The molecule has 1 aliphatic heterocycles. The van der Waals surface area contributed by atoms with E-state index in [0.29, 0.717) is 13.2 Å².